The summed E-state index contributed by atoms with van der Waals surface area (Å²) in [5, 5.41) is 3.01. The number of hydrogen-bond donors (Lipinski definition) is 1. The zero-order valence-corrected chi connectivity index (χ0v) is 16.8. The molecule has 28 heavy (non-hydrogen) atoms. The molecule has 0 saturated carbocycles. The maximum absolute atomic E-state index is 13.0. The smallest absolute Gasteiger partial charge is 0.247 e. The second-order valence-electron chi connectivity index (χ2n) is 7.39. The molecule has 0 fully saturated rings. The number of nitrogens with one attached hydrogen (secondary N) is 1. The number of hydrogen-bond acceptors (Lipinski definition) is 3. The zero-order chi connectivity index (χ0) is 20.1. The summed E-state index contributed by atoms with van der Waals surface area (Å²) in [6.45, 7) is 6.97. The van der Waals surface area contributed by atoms with Crippen LogP contribution in [0.5, 0.6) is 5.75 Å². The van der Waals surface area contributed by atoms with Gasteiger partial charge in [-0.3, -0.25) is 9.59 Å². The summed E-state index contributed by atoms with van der Waals surface area (Å²) in [4.78, 5) is 27.3. The average Bonchev–Trinajstić information content (AvgIpc) is 2.67. The molecule has 1 atom stereocenters. The van der Waals surface area contributed by atoms with Gasteiger partial charge in [-0.25, -0.2) is 0 Å². The van der Waals surface area contributed by atoms with Crippen LogP contribution in [0.1, 0.15) is 49.9 Å². The van der Waals surface area contributed by atoms with Crippen LogP contribution in [0.4, 0.5) is 0 Å². The molecule has 2 aromatic carbocycles. The normalized spacial score (nSPS) is 16.1. The lowest BCUT2D eigenvalue weighted by molar-refractivity contribution is -0.141. The van der Waals surface area contributed by atoms with Gasteiger partial charge in [-0.15, -0.1) is 0 Å². The molecule has 1 N–H and O–H groups in total. The van der Waals surface area contributed by atoms with Crippen LogP contribution in [-0.2, 0) is 22.6 Å². The van der Waals surface area contributed by atoms with Crippen LogP contribution in [-0.4, -0.2) is 29.4 Å². The number of rotatable bonds is 7. The monoisotopic (exact) mass is 380 g/mol. The van der Waals surface area contributed by atoms with Gasteiger partial charge in [0, 0.05) is 13.1 Å². The van der Waals surface area contributed by atoms with E-state index in [4.69, 9.17) is 4.74 Å². The van der Waals surface area contributed by atoms with E-state index in [2.05, 4.69) is 5.32 Å². The molecule has 0 radical (unpaired) electrons. The highest BCUT2D eigenvalue weighted by atomic mass is 16.5. The minimum Gasteiger partial charge on any atom is -0.491 e. The van der Waals surface area contributed by atoms with E-state index in [1.807, 2.05) is 69.3 Å². The van der Waals surface area contributed by atoms with Crippen LogP contribution in [0.3, 0.4) is 0 Å². The fourth-order valence-corrected chi connectivity index (χ4v) is 3.56. The van der Waals surface area contributed by atoms with Gasteiger partial charge in [0.05, 0.1) is 12.5 Å². The Morgan fingerprint density at radius 3 is 2.57 bits per heavy atom. The molecule has 0 aromatic heterocycles. The summed E-state index contributed by atoms with van der Waals surface area (Å²) < 4.78 is 5.65. The van der Waals surface area contributed by atoms with Gasteiger partial charge >= 0.3 is 0 Å². The molecular weight excluding hydrogens is 352 g/mol. The third-order valence-electron chi connectivity index (χ3n) is 4.80. The van der Waals surface area contributed by atoms with Crippen molar-refractivity contribution in [3.05, 3.63) is 65.2 Å². The molecule has 5 nitrogen and oxygen atoms in total. The molecular formula is C23H28N2O3. The lowest BCUT2D eigenvalue weighted by atomic mass is 9.91. The first-order valence-electron chi connectivity index (χ1n) is 9.90. The van der Waals surface area contributed by atoms with Crippen molar-refractivity contribution in [3.63, 3.8) is 0 Å². The largest absolute Gasteiger partial charge is 0.491 e. The maximum atomic E-state index is 13.0. The van der Waals surface area contributed by atoms with E-state index in [1.165, 1.54) is 0 Å². The van der Waals surface area contributed by atoms with Crippen LogP contribution in [0, 0.1) is 0 Å². The second kappa shape index (κ2) is 8.91. The standard InChI is InChI=1S/C23H28N2O3/c1-4-13-25-21(26)14-18-7-5-6-8-20(18)22(25)23(27)24-15-17-9-11-19(12-10-17)28-16(2)3/h5-12,16,22H,4,13-15H2,1-3H3,(H,24,27)/t22-/m1/s1. The molecule has 148 valence electrons. The molecule has 0 unspecified atom stereocenters. The summed E-state index contributed by atoms with van der Waals surface area (Å²) in [6.07, 6.45) is 1.30. The zero-order valence-electron chi connectivity index (χ0n) is 16.8. The van der Waals surface area contributed by atoms with Gasteiger partial charge in [-0.2, -0.15) is 0 Å². The van der Waals surface area contributed by atoms with E-state index in [9.17, 15) is 9.59 Å². The summed E-state index contributed by atoms with van der Waals surface area (Å²) in [5.74, 6) is 0.679. The highest BCUT2D eigenvalue weighted by Crippen LogP contribution is 2.30. The topological polar surface area (TPSA) is 58.6 Å². The van der Waals surface area contributed by atoms with Crippen LogP contribution in [0.2, 0.25) is 0 Å². The third kappa shape index (κ3) is 4.53. The maximum Gasteiger partial charge on any atom is 0.247 e. The lowest BCUT2D eigenvalue weighted by Crippen LogP contribution is -2.47. The molecule has 2 aromatic rings. The van der Waals surface area contributed by atoms with Crippen molar-refractivity contribution in [2.75, 3.05) is 6.54 Å². The minimum absolute atomic E-state index is 0.0101. The number of fused-ring (bicyclic) bond motifs is 1. The molecule has 2 amide bonds. The molecule has 1 aliphatic rings. The van der Waals surface area contributed by atoms with Crippen molar-refractivity contribution in [3.8, 4) is 5.75 Å². The molecule has 1 aliphatic heterocycles. The number of carbonyl (C=O) groups excluding carboxylic acids is 2. The van der Waals surface area contributed by atoms with E-state index in [0.717, 1.165) is 28.9 Å². The number of carbonyl (C=O) groups is 2. The predicted octanol–water partition coefficient (Wildman–Crippen LogP) is 3.63. The van der Waals surface area contributed by atoms with Crippen LogP contribution >= 0.6 is 0 Å². The number of benzene rings is 2. The van der Waals surface area contributed by atoms with Crippen molar-refractivity contribution in [2.45, 2.75) is 52.3 Å². The Morgan fingerprint density at radius 2 is 1.89 bits per heavy atom. The van der Waals surface area contributed by atoms with Gasteiger partial charge in [0.15, 0.2) is 0 Å². The molecule has 0 bridgehead atoms. The first-order valence-corrected chi connectivity index (χ1v) is 9.90. The quantitative estimate of drug-likeness (QED) is 0.798. The van der Waals surface area contributed by atoms with E-state index >= 15 is 0 Å². The van der Waals surface area contributed by atoms with E-state index in [1.54, 1.807) is 4.90 Å². The third-order valence-corrected chi connectivity index (χ3v) is 4.80. The fourth-order valence-electron chi connectivity index (χ4n) is 3.56. The molecule has 3 rings (SSSR count). The Morgan fingerprint density at radius 1 is 1.18 bits per heavy atom. The fraction of sp³-hybridized carbons (Fsp3) is 0.391. The molecule has 0 aliphatic carbocycles. The van der Waals surface area contributed by atoms with Crippen molar-refractivity contribution in [1.29, 1.82) is 0 Å². The van der Waals surface area contributed by atoms with E-state index in [-0.39, 0.29) is 17.9 Å². The summed E-state index contributed by atoms with van der Waals surface area (Å²) in [6, 6.07) is 14.9. The first-order chi connectivity index (χ1) is 13.5. The van der Waals surface area contributed by atoms with Gasteiger partial charge in [0.1, 0.15) is 11.8 Å². The van der Waals surface area contributed by atoms with Gasteiger partial charge in [0.2, 0.25) is 11.8 Å². The first kappa shape index (κ1) is 19.9. The Bertz CT molecular complexity index is 830. The summed E-state index contributed by atoms with van der Waals surface area (Å²) in [7, 11) is 0. The SMILES string of the molecule is CCCN1C(=O)Cc2ccccc2[C@@H]1C(=O)NCc1ccc(OC(C)C)cc1. The second-order valence-corrected chi connectivity index (χ2v) is 7.39. The number of nitrogens with zero attached hydrogens (tertiary/aromatic N) is 1. The minimum atomic E-state index is -0.569. The van der Waals surface area contributed by atoms with Crippen molar-refractivity contribution < 1.29 is 14.3 Å². The van der Waals surface area contributed by atoms with Gasteiger partial charge in [-0.1, -0.05) is 43.3 Å². The predicted molar refractivity (Wildman–Crippen MR) is 109 cm³/mol. The van der Waals surface area contributed by atoms with Gasteiger partial charge in [0.25, 0.3) is 0 Å². The Balaban J connectivity index is 1.73. The van der Waals surface area contributed by atoms with Crippen molar-refractivity contribution in [1.82, 2.24) is 10.2 Å². The van der Waals surface area contributed by atoms with Crippen molar-refractivity contribution in [2.24, 2.45) is 0 Å². The highest BCUT2D eigenvalue weighted by Gasteiger charge is 2.36. The average molecular weight is 380 g/mol. The van der Waals surface area contributed by atoms with E-state index in [0.29, 0.717) is 19.5 Å². The lowest BCUT2D eigenvalue weighted by Gasteiger charge is -2.36. The van der Waals surface area contributed by atoms with Gasteiger partial charge in [-0.05, 0) is 49.1 Å². The van der Waals surface area contributed by atoms with Crippen LogP contribution in [0.25, 0.3) is 0 Å². The number of ether oxygens (including phenoxy) is 1. The molecule has 1 heterocycles. The summed E-state index contributed by atoms with van der Waals surface area (Å²) >= 11 is 0. The van der Waals surface area contributed by atoms with Crippen LogP contribution in [0.15, 0.2) is 48.5 Å². The number of amides is 2. The molecule has 0 saturated heterocycles. The Labute approximate surface area is 166 Å². The van der Waals surface area contributed by atoms with E-state index < -0.39 is 6.04 Å². The summed E-state index contributed by atoms with van der Waals surface area (Å²) in [5.41, 5.74) is 2.85. The van der Waals surface area contributed by atoms with Gasteiger partial charge < -0.3 is 15.0 Å². The molecule has 5 heteroatoms. The van der Waals surface area contributed by atoms with Crippen LogP contribution < -0.4 is 10.1 Å². The van der Waals surface area contributed by atoms with Crippen molar-refractivity contribution >= 4 is 11.8 Å². The Hall–Kier alpha value is -2.82. The highest BCUT2D eigenvalue weighted by molar-refractivity contribution is 5.92. The molecule has 0 spiro atoms. The Kier molecular flexibility index (Phi) is 6.34.